The minimum Gasteiger partial charge on any atom is -0.480 e. The molecule has 0 atom stereocenters. The maximum atomic E-state index is 10.1. The predicted molar refractivity (Wildman–Crippen MR) is 39.3 cm³/mol. The van der Waals surface area contributed by atoms with Gasteiger partial charge in [-0.3, -0.25) is 19.3 Å². The van der Waals surface area contributed by atoms with Crippen LogP contribution < -0.4 is 0 Å². The molecule has 0 bridgehead atoms. The Morgan fingerprint density at radius 3 is 1.14 bits per heavy atom. The van der Waals surface area contributed by atoms with Gasteiger partial charge < -0.3 is 15.3 Å². The minimum atomic E-state index is -1.26. The fourth-order valence-corrected chi connectivity index (χ4v) is 0.742. The first-order chi connectivity index (χ1) is 5.91. The normalized spacial score (nSPS) is 9.21. The summed E-state index contributed by atoms with van der Waals surface area (Å²) in [5.41, 5.74) is 0. The molecule has 0 saturated heterocycles. The summed E-state index contributed by atoms with van der Waals surface area (Å²) in [5.74, 6) is -3.78. The Balaban J connectivity index is 0. The third-order valence-electron chi connectivity index (χ3n) is 1.08. The van der Waals surface area contributed by atoms with Crippen molar-refractivity contribution in [1.82, 2.24) is 4.90 Å². The van der Waals surface area contributed by atoms with Crippen LogP contribution in [0.4, 0.5) is 0 Å². The van der Waals surface area contributed by atoms with Crippen molar-refractivity contribution in [2.45, 2.75) is 0 Å². The van der Waals surface area contributed by atoms with E-state index in [4.69, 9.17) is 15.3 Å². The second kappa shape index (κ2) is 8.09. The molecular weight excluding hydrogens is 322 g/mol. The van der Waals surface area contributed by atoms with Crippen molar-refractivity contribution in [3.63, 3.8) is 0 Å². The van der Waals surface area contributed by atoms with Crippen molar-refractivity contribution in [3.05, 3.63) is 0 Å². The first-order valence-electron chi connectivity index (χ1n) is 3.29. The van der Waals surface area contributed by atoms with Crippen LogP contribution >= 0.6 is 0 Å². The zero-order valence-corrected chi connectivity index (χ0v) is 10.3. The molecule has 0 rings (SSSR count). The van der Waals surface area contributed by atoms with Crippen LogP contribution in [0.2, 0.25) is 0 Å². The van der Waals surface area contributed by atoms with E-state index in [0.717, 1.165) is 4.90 Å². The molecule has 8 heteroatoms. The standard InChI is InChI=1S/C6H9NO6.Ce/c8-4(9)1-7(2-5(10)11)3-6(12)13;/h1-3H2,(H,8,9)(H,10,11)(H,12,13);/q;+4. The van der Waals surface area contributed by atoms with E-state index in [9.17, 15) is 14.4 Å². The molecule has 0 aromatic rings. The summed E-state index contributed by atoms with van der Waals surface area (Å²) in [5, 5.41) is 24.8. The van der Waals surface area contributed by atoms with Gasteiger partial charge in [0.2, 0.25) is 0 Å². The molecule has 0 amide bonds. The van der Waals surface area contributed by atoms with Gasteiger partial charge in [0.25, 0.3) is 0 Å². The van der Waals surface area contributed by atoms with E-state index in [2.05, 4.69) is 0 Å². The van der Waals surface area contributed by atoms with Crippen LogP contribution in [0.25, 0.3) is 0 Å². The summed E-state index contributed by atoms with van der Waals surface area (Å²) in [6.45, 7) is -1.80. The summed E-state index contributed by atoms with van der Waals surface area (Å²) >= 11 is 0. The molecule has 0 saturated carbocycles. The van der Waals surface area contributed by atoms with Crippen LogP contribution in [0, 0.1) is 41.7 Å². The Hall–Kier alpha value is -0.253. The van der Waals surface area contributed by atoms with E-state index < -0.39 is 37.5 Å². The van der Waals surface area contributed by atoms with E-state index in [1.807, 2.05) is 0 Å². The summed E-state index contributed by atoms with van der Waals surface area (Å²) in [7, 11) is 0. The van der Waals surface area contributed by atoms with Crippen LogP contribution in [0.1, 0.15) is 0 Å². The van der Waals surface area contributed by atoms with Crippen molar-refractivity contribution >= 4 is 17.9 Å². The van der Waals surface area contributed by atoms with Crippen molar-refractivity contribution in [1.29, 1.82) is 0 Å². The van der Waals surface area contributed by atoms with Crippen LogP contribution in [-0.4, -0.2) is 57.8 Å². The van der Waals surface area contributed by atoms with E-state index in [1.165, 1.54) is 0 Å². The van der Waals surface area contributed by atoms with Crippen molar-refractivity contribution in [3.8, 4) is 0 Å². The van der Waals surface area contributed by atoms with Gasteiger partial charge in [-0.05, 0) is 0 Å². The van der Waals surface area contributed by atoms with Gasteiger partial charge in [-0.15, -0.1) is 0 Å². The number of carboxylic acids is 3. The molecule has 0 aromatic carbocycles. The van der Waals surface area contributed by atoms with Crippen LogP contribution in [0.3, 0.4) is 0 Å². The monoisotopic (exact) mass is 331 g/mol. The quantitative estimate of drug-likeness (QED) is 0.545. The third kappa shape index (κ3) is 9.83. The van der Waals surface area contributed by atoms with Gasteiger partial charge in [0, 0.05) is 0 Å². The Morgan fingerprint density at radius 2 is 1.00 bits per heavy atom. The van der Waals surface area contributed by atoms with Gasteiger partial charge in [0.05, 0.1) is 19.6 Å². The summed E-state index contributed by atoms with van der Waals surface area (Å²) in [6, 6.07) is 0. The van der Waals surface area contributed by atoms with Crippen LogP contribution in [-0.2, 0) is 14.4 Å². The Kier molecular flexibility index (Phi) is 9.35. The number of hydrogen-bond donors (Lipinski definition) is 3. The second-order valence-corrected chi connectivity index (χ2v) is 2.33. The number of nitrogens with zero attached hydrogens (tertiary/aromatic N) is 1. The SMILES string of the molecule is O=C(O)CN(CC(=O)O)CC(=O)O.[Ce+4]. The number of hydrogen-bond acceptors (Lipinski definition) is 4. The fourth-order valence-electron chi connectivity index (χ4n) is 0.742. The molecule has 14 heavy (non-hydrogen) atoms. The average molecular weight is 331 g/mol. The molecule has 0 fully saturated rings. The number of carboxylic acid groups (broad SMARTS) is 3. The molecule has 0 heterocycles. The fraction of sp³-hybridized carbons (Fsp3) is 0.500. The van der Waals surface area contributed by atoms with Crippen molar-refractivity contribution < 1.29 is 71.5 Å². The first-order valence-corrected chi connectivity index (χ1v) is 3.29. The number of carbonyl (C=O) groups is 3. The largest absolute Gasteiger partial charge is 4.00 e. The molecule has 0 aromatic heterocycles. The van der Waals surface area contributed by atoms with E-state index >= 15 is 0 Å². The van der Waals surface area contributed by atoms with Crippen molar-refractivity contribution in [2.24, 2.45) is 0 Å². The Labute approximate surface area is 113 Å². The summed E-state index contributed by atoms with van der Waals surface area (Å²) in [4.78, 5) is 31.2. The van der Waals surface area contributed by atoms with Crippen LogP contribution in [0.5, 0.6) is 0 Å². The van der Waals surface area contributed by atoms with Crippen molar-refractivity contribution in [2.75, 3.05) is 19.6 Å². The van der Waals surface area contributed by atoms with Gasteiger partial charge in [0.1, 0.15) is 0 Å². The van der Waals surface area contributed by atoms with Gasteiger partial charge in [-0.25, -0.2) is 0 Å². The number of rotatable bonds is 6. The average Bonchev–Trinajstić information content (AvgIpc) is 1.80. The van der Waals surface area contributed by atoms with Gasteiger partial charge in [0.15, 0.2) is 0 Å². The zero-order chi connectivity index (χ0) is 10.4. The van der Waals surface area contributed by atoms with E-state index in [-0.39, 0.29) is 41.7 Å². The molecule has 0 aliphatic rings. The molecule has 0 unspecified atom stereocenters. The molecule has 0 spiro atoms. The summed E-state index contributed by atoms with van der Waals surface area (Å²) < 4.78 is 0. The topological polar surface area (TPSA) is 115 Å². The molecular formula is C6H9CeNO6+4. The van der Waals surface area contributed by atoms with E-state index in [1.54, 1.807) is 0 Å². The molecule has 74 valence electrons. The molecule has 3 N–H and O–H groups in total. The summed E-state index contributed by atoms with van der Waals surface area (Å²) in [6.07, 6.45) is 0. The molecule has 7 nitrogen and oxygen atoms in total. The third-order valence-corrected chi connectivity index (χ3v) is 1.08. The van der Waals surface area contributed by atoms with Crippen LogP contribution in [0.15, 0.2) is 0 Å². The van der Waals surface area contributed by atoms with Gasteiger partial charge >= 0.3 is 59.7 Å². The number of aliphatic carboxylic acids is 3. The molecule has 0 aliphatic carbocycles. The van der Waals surface area contributed by atoms with E-state index in [0.29, 0.717) is 0 Å². The first kappa shape index (κ1) is 16.2. The second-order valence-electron chi connectivity index (χ2n) is 2.33. The molecule has 0 aliphatic heterocycles. The maximum absolute atomic E-state index is 10.1. The predicted octanol–water partition coefficient (Wildman–Crippen LogP) is -1.46. The smallest absolute Gasteiger partial charge is 0.480 e. The molecule has 0 radical (unpaired) electrons. The Bertz CT molecular complexity index is 192. The van der Waals surface area contributed by atoms with Gasteiger partial charge in [-0.2, -0.15) is 0 Å². The Morgan fingerprint density at radius 1 is 0.786 bits per heavy atom. The minimum absolute atomic E-state index is 0. The maximum Gasteiger partial charge on any atom is 4.00 e. The van der Waals surface area contributed by atoms with Gasteiger partial charge in [-0.1, -0.05) is 0 Å². The zero-order valence-electron chi connectivity index (χ0n) is 7.13.